The van der Waals surface area contributed by atoms with E-state index in [4.69, 9.17) is 9.47 Å². The van der Waals surface area contributed by atoms with Gasteiger partial charge in [-0.15, -0.1) is 0 Å². The maximum Gasteiger partial charge on any atom is 0.343 e. The zero-order chi connectivity index (χ0) is 22.8. The normalized spacial score (nSPS) is 18.7. The quantitative estimate of drug-likeness (QED) is 0.292. The standard InChI is InChI=1S/C23H20N2O7/c1-3-23(29)17-8-19-20-14(9-24(19)21(27)16(17)11-32-22(23)28)15(10-31-12(2)26)13-6-4-5-7-18(13)25(20)30/h4-8,29H,3,9-11H2,1-2H3/t23-/m0/s1. The number of para-hydroxylation sites is 1. The highest BCUT2D eigenvalue weighted by Crippen LogP contribution is 2.39. The van der Waals surface area contributed by atoms with Crippen molar-refractivity contribution >= 4 is 22.8 Å². The van der Waals surface area contributed by atoms with Gasteiger partial charge in [-0.3, -0.25) is 14.2 Å². The van der Waals surface area contributed by atoms with E-state index in [0.29, 0.717) is 27.7 Å². The van der Waals surface area contributed by atoms with E-state index in [1.54, 1.807) is 31.2 Å². The maximum absolute atomic E-state index is 13.4. The molecule has 0 aliphatic carbocycles. The van der Waals surface area contributed by atoms with Gasteiger partial charge >= 0.3 is 11.9 Å². The number of fused-ring (bicyclic) bond motifs is 5. The Morgan fingerprint density at radius 2 is 2.06 bits per heavy atom. The monoisotopic (exact) mass is 436 g/mol. The molecule has 3 aromatic rings. The lowest BCUT2D eigenvalue weighted by Gasteiger charge is -2.31. The molecule has 0 spiro atoms. The fourth-order valence-electron chi connectivity index (χ4n) is 4.63. The number of hydrogen-bond donors (Lipinski definition) is 1. The number of nitrogens with zero attached hydrogens (tertiary/aromatic N) is 2. The van der Waals surface area contributed by atoms with Gasteiger partial charge in [-0.05, 0) is 18.6 Å². The predicted molar refractivity (Wildman–Crippen MR) is 111 cm³/mol. The van der Waals surface area contributed by atoms with Crippen molar-refractivity contribution in [3.05, 3.63) is 68.1 Å². The summed E-state index contributed by atoms with van der Waals surface area (Å²) in [6.45, 7) is 2.72. The average Bonchev–Trinajstić information content (AvgIpc) is 3.16. The first-order valence-corrected chi connectivity index (χ1v) is 10.2. The lowest BCUT2D eigenvalue weighted by molar-refractivity contribution is -0.565. The Hall–Kier alpha value is -3.72. The van der Waals surface area contributed by atoms with Gasteiger partial charge in [0.1, 0.15) is 18.9 Å². The maximum atomic E-state index is 13.4. The van der Waals surface area contributed by atoms with Crippen LogP contribution in [0.15, 0.2) is 35.1 Å². The first kappa shape index (κ1) is 20.2. The van der Waals surface area contributed by atoms with E-state index in [0.717, 1.165) is 4.73 Å². The highest BCUT2D eigenvalue weighted by Gasteiger charge is 2.46. The van der Waals surface area contributed by atoms with Crippen molar-refractivity contribution in [2.45, 2.75) is 45.6 Å². The number of aromatic nitrogens is 2. The molecule has 0 bridgehead atoms. The van der Waals surface area contributed by atoms with E-state index in [1.807, 2.05) is 0 Å². The summed E-state index contributed by atoms with van der Waals surface area (Å²) in [5.41, 5.74) is 0.0508. The van der Waals surface area contributed by atoms with Crippen LogP contribution in [0.25, 0.3) is 22.3 Å². The Labute approximate surface area is 182 Å². The molecule has 9 heteroatoms. The number of carbonyl (C=O) groups is 2. The molecule has 2 aliphatic heterocycles. The van der Waals surface area contributed by atoms with Crippen molar-refractivity contribution < 1.29 is 28.9 Å². The van der Waals surface area contributed by atoms with Crippen molar-refractivity contribution in [3.8, 4) is 11.4 Å². The van der Waals surface area contributed by atoms with E-state index in [9.17, 15) is 24.7 Å². The molecule has 0 amide bonds. The van der Waals surface area contributed by atoms with Crippen LogP contribution in [0.3, 0.4) is 0 Å². The highest BCUT2D eigenvalue weighted by atomic mass is 16.6. The van der Waals surface area contributed by atoms with Crippen molar-refractivity contribution in [1.82, 2.24) is 4.57 Å². The fourth-order valence-corrected chi connectivity index (χ4v) is 4.63. The summed E-state index contributed by atoms with van der Waals surface area (Å²) in [5.74, 6) is -1.28. The molecular formula is C23H20N2O7. The van der Waals surface area contributed by atoms with Gasteiger partial charge in [0, 0.05) is 24.1 Å². The third-order valence-corrected chi connectivity index (χ3v) is 6.32. The van der Waals surface area contributed by atoms with Gasteiger partial charge < -0.3 is 19.8 Å². The molecule has 9 nitrogen and oxygen atoms in total. The molecule has 1 aromatic carbocycles. The molecular weight excluding hydrogens is 416 g/mol. The molecule has 1 N–H and O–H groups in total. The van der Waals surface area contributed by atoms with Gasteiger partial charge in [0.25, 0.3) is 5.56 Å². The number of pyridine rings is 2. The molecule has 1 atom stereocenters. The van der Waals surface area contributed by atoms with Gasteiger partial charge in [0.15, 0.2) is 5.60 Å². The number of carbonyl (C=O) groups excluding carboxylic acids is 2. The van der Waals surface area contributed by atoms with Crippen molar-refractivity contribution in [1.29, 1.82) is 0 Å². The number of hydrogen-bond acceptors (Lipinski definition) is 7. The van der Waals surface area contributed by atoms with Crippen LogP contribution in [0.1, 0.15) is 42.5 Å². The van der Waals surface area contributed by atoms with Crippen molar-refractivity contribution in [3.63, 3.8) is 0 Å². The summed E-state index contributed by atoms with van der Waals surface area (Å²) < 4.78 is 12.5. The van der Waals surface area contributed by atoms with E-state index in [1.165, 1.54) is 17.6 Å². The summed E-state index contributed by atoms with van der Waals surface area (Å²) in [6.07, 6.45) is 0.0153. The zero-order valence-corrected chi connectivity index (χ0v) is 17.5. The van der Waals surface area contributed by atoms with Gasteiger partial charge in [0.05, 0.1) is 23.1 Å². The molecule has 32 heavy (non-hydrogen) atoms. The number of cyclic esters (lactones) is 1. The second-order valence-corrected chi connectivity index (χ2v) is 8.00. The summed E-state index contributed by atoms with van der Waals surface area (Å²) in [5, 5.41) is 25.0. The van der Waals surface area contributed by atoms with Gasteiger partial charge in [-0.25, -0.2) is 4.79 Å². The minimum atomic E-state index is -1.96. The fraction of sp³-hybridized carbons (Fsp3) is 0.304. The minimum Gasteiger partial charge on any atom is -0.618 e. The highest BCUT2D eigenvalue weighted by molar-refractivity contribution is 5.86. The SMILES string of the molecule is CC[C@@]1(O)C(=O)OCc2c1cc1n(c2=O)Cc2c(COC(C)=O)c3ccccc3[n+]([O-])c2-1. The lowest BCUT2D eigenvalue weighted by Crippen LogP contribution is -2.44. The second-order valence-electron chi connectivity index (χ2n) is 8.00. The predicted octanol–water partition coefficient (Wildman–Crippen LogP) is 1.38. The Morgan fingerprint density at radius 3 is 2.78 bits per heavy atom. The van der Waals surface area contributed by atoms with Crippen LogP contribution in [-0.4, -0.2) is 21.6 Å². The first-order chi connectivity index (χ1) is 15.3. The number of aliphatic hydroxyl groups is 1. The van der Waals surface area contributed by atoms with Crippen molar-refractivity contribution in [2.24, 2.45) is 0 Å². The van der Waals surface area contributed by atoms with Gasteiger partial charge in [-0.1, -0.05) is 19.1 Å². The van der Waals surface area contributed by atoms with E-state index in [2.05, 4.69) is 0 Å². The topological polar surface area (TPSA) is 122 Å². The third-order valence-electron chi connectivity index (χ3n) is 6.32. The number of ether oxygens (including phenoxy) is 2. The third kappa shape index (κ3) is 2.61. The lowest BCUT2D eigenvalue weighted by atomic mass is 9.86. The number of rotatable bonds is 3. The first-order valence-electron chi connectivity index (χ1n) is 10.2. The van der Waals surface area contributed by atoms with Crippen LogP contribution in [0, 0.1) is 5.21 Å². The van der Waals surface area contributed by atoms with Crippen LogP contribution in [0.4, 0.5) is 0 Å². The molecule has 2 aliphatic rings. The summed E-state index contributed by atoms with van der Waals surface area (Å²) in [7, 11) is 0. The molecule has 0 saturated carbocycles. The van der Waals surface area contributed by atoms with Crippen molar-refractivity contribution in [2.75, 3.05) is 0 Å². The van der Waals surface area contributed by atoms with Crippen LogP contribution < -0.4 is 10.3 Å². The van der Waals surface area contributed by atoms with Crippen LogP contribution in [0.2, 0.25) is 0 Å². The smallest absolute Gasteiger partial charge is 0.343 e. The van der Waals surface area contributed by atoms with E-state index >= 15 is 0 Å². The number of benzene rings is 1. The molecule has 0 fully saturated rings. The molecule has 0 unspecified atom stereocenters. The zero-order valence-electron chi connectivity index (χ0n) is 17.5. The Kier molecular flexibility index (Phi) is 4.35. The molecule has 5 rings (SSSR count). The van der Waals surface area contributed by atoms with Crippen LogP contribution >= 0.6 is 0 Å². The van der Waals surface area contributed by atoms with Crippen LogP contribution in [-0.2, 0) is 44.4 Å². The molecule has 0 radical (unpaired) electrons. The Morgan fingerprint density at radius 1 is 1.31 bits per heavy atom. The largest absolute Gasteiger partial charge is 0.618 e. The second kappa shape index (κ2) is 6.89. The summed E-state index contributed by atoms with van der Waals surface area (Å²) in [4.78, 5) is 37.1. The average molecular weight is 436 g/mol. The molecule has 2 aromatic heterocycles. The van der Waals surface area contributed by atoms with E-state index < -0.39 is 23.1 Å². The van der Waals surface area contributed by atoms with Gasteiger partial charge in [0.2, 0.25) is 11.2 Å². The van der Waals surface area contributed by atoms with Gasteiger partial charge in [-0.2, -0.15) is 4.73 Å². The minimum absolute atomic E-state index is 0.0153. The molecule has 4 heterocycles. The number of esters is 2. The van der Waals surface area contributed by atoms with Crippen LogP contribution in [0.5, 0.6) is 0 Å². The summed E-state index contributed by atoms with van der Waals surface area (Å²) >= 11 is 0. The Balaban J connectivity index is 1.83. The van der Waals surface area contributed by atoms with E-state index in [-0.39, 0.29) is 43.0 Å². The molecule has 0 saturated heterocycles. The summed E-state index contributed by atoms with van der Waals surface area (Å²) in [6, 6.07) is 8.45. The molecule has 164 valence electrons. The Bertz CT molecular complexity index is 1390.